The molecule has 1 aromatic carbocycles. The Balaban J connectivity index is 2.90. The Morgan fingerprint density at radius 3 is 2.47 bits per heavy atom. The van der Waals surface area contributed by atoms with E-state index in [0.29, 0.717) is 5.69 Å². The van der Waals surface area contributed by atoms with Crippen LogP contribution in [0.3, 0.4) is 0 Å². The molecule has 0 spiro atoms. The Hall–Kier alpha value is -1.25. The lowest BCUT2D eigenvalue weighted by Crippen LogP contribution is -2.29. The molecule has 0 aliphatic carbocycles. The lowest BCUT2D eigenvalue weighted by Gasteiger charge is -2.29. The Morgan fingerprint density at radius 1 is 1.33 bits per heavy atom. The van der Waals surface area contributed by atoms with Crippen molar-refractivity contribution in [3.05, 3.63) is 24.0 Å². The van der Waals surface area contributed by atoms with Crippen LogP contribution in [0.25, 0.3) is 0 Å². The second kappa shape index (κ2) is 4.09. The van der Waals surface area contributed by atoms with Gasteiger partial charge in [-0.3, -0.25) is 0 Å². The lowest BCUT2D eigenvalue weighted by molar-refractivity contribution is 0.419. The van der Waals surface area contributed by atoms with Crippen molar-refractivity contribution in [2.24, 2.45) is 5.41 Å². The van der Waals surface area contributed by atoms with Crippen LogP contribution in [-0.2, 0) is 0 Å². The molecule has 15 heavy (non-hydrogen) atoms. The molecule has 0 aliphatic rings. The van der Waals surface area contributed by atoms with E-state index in [1.165, 1.54) is 12.1 Å². The molecule has 0 saturated heterocycles. The van der Waals surface area contributed by atoms with Crippen molar-refractivity contribution in [3.8, 4) is 0 Å². The first-order valence-corrected chi connectivity index (χ1v) is 5.06. The molecule has 0 aliphatic heterocycles. The van der Waals surface area contributed by atoms with Crippen LogP contribution < -0.4 is 10.6 Å². The minimum absolute atomic E-state index is 0.160. The molecular weight excluding hydrogens is 191 g/mol. The van der Waals surface area contributed by atoms with Crippen molar-refractivity contribution in [2.45, 2.75) is 20.8 Å². The van der Waals surface area contributed by atoms with Gasteiger partial charge in [-0.1, -0.05) is 20.8 Å². The molecule has 2 N–H and O–H groups in total. The van der Waals surface area contributed by atoms with E-state index in [1.807, 2.05) is 11.9 Å². The van der Waals surface area contributed by atoms with E-state index in [9.17, 15) is 4.39 Å². The second-order valence-corrected chi connectivity index (χ2v) is 5.12. The van der Waals surface area contributed by atoms with Crippen LogP contribution in [0.15, 0.2) is 18.2 Å². The highest BCUT2D eigenvalue weighted by atomic mass is 19.1. The number of nitrogen functional groups attached to an aromatic ring is 1. The van der Waals surface area contributed by atoms with Gasteiger partial charge in [-0.15, -0.1) is 0 Å². The van der Waals surface area contributed by atoms with E-state index in [-0.39, 0.29) is 11.2 Å². The molecule has 0 saturated carbocycles. The van der Waals surface area contributed by atoms with Gasteiger partial charge in [0.1, 0.15) is 5.82 Å². The molecule has 84 valence electrons. The first kappa shape index (κ1) is 11.8. The van der Waals surface area contributed by atoms with E-state index >= 15 is 0 Å². The molecule has 0 fully saturated rings. The highest BCUT2D eigenvalue weighted by Gasteiger charge is 2.15. The smallest absolute Gasteiger partial charge is 0.125 e. The standard InChI is InChI=1S/C12H19FN2/c1-12(2,3)8-15(4)11-7-9(13)5-6-10(11)14/h5-7H,8,14H2,1-4H3. The van der Waals surface area contributed by atoms with Gasteiger partial charge < -0.3 is 10.6 Å². The molecule has 1 aromatic rings. The van der Waals surface area contributed by atoms with Crippen molar-refractivity contribution in [2.75, 3.05) is 24.2 Å². The minimum atomic E-state index is -0.250. The van der Waals surface area contributed by atoms with Crippen LogP contribution in [-0.4, -0.2) is 13.6 Å². The van der Waals surface area contributed by atoms with Crippen LogP contribution in [0.1, 0.15) is 20.8 Å². The van der Waals surface area contributed by atoms with Crippen LogP contribution in [0.2, 0.25) is 0 Å². The zero-order valence-electron chi connectivity index (χ0n) is 9.84. The second-order valence-electron chi connectivity index (χ2n) is 5.12. The number of anilines is 2. The number of hydrogen-bond acceptors (Lipinski definition) is 2. The third-order valence-electron chi connectivity index (χ3n) is 2.12. The molecule has 0 unspecified atom stereocenters. The van der Waals surface area contributed by atoms with Gasteiger partial charge in [0.2, 0.25) is 0 Å². The van der Waals surface area contributed by atoms with Crippen molar-refractivity contribution < 1.29 is 4.39 Å². The van der Waals surface area contributed by atoms with Gasteiger partial charge >= 0.3 is 0 Å². The average Bonchev–Trinajstić information content (AvgIpc) is 2.06. The van der Waals surface area contributed by atoms with E-state index in [4.69, 9.17) is 5.73 Å². The summed E-state index contributed by atoms with van der Waals surface area (Å²) < 4.78 is 13.1. The molecular formula is C12H19FN2. The van der Waals surface area contributed by atoms with Crippen molar-refractivity contribution >= 4 is 11.4 Å². The fraction of sp³-hybridized carbons (Fsp3) is 0.500. The Labute approximate surface area is 90.9 Å². The number of nitrogens with two attached hydrogens (primary N) is 1. The van der Waals surface area contributed by atoms with Crippen molar-refractivity contribution in [1.82, 2.24) is 0 Å². The first-order valence-electron chi connectivity index (χ1n) is 5.06. The number of rotatable bonds is 2. The Bertz CT molecular complexity index is 342. The summed E-state index contributed by atoms with van der Waals surface area (Å²) >= 11 is 0. The minimum Gasteiger partial charge on any atom is -0.397 e. The van der Waals surface area contributed by atoms with E-state index in [2.05, 4.69) is 20.8 Å². The summed E-state index contributed by atoms with van der Waals surface area (Å²) in [5, 5.41) is 0. The molecule has 0 amide bonds. The number of halogens is 1. The molecule has 0 atom stereocenters. The maximum atomic E-state index is 13.1. The van der Waals surface area contributed by atoms with Gasteiger partial charge in [-0.05, 0) is 23.6 Å². The topological polar surface area (TPSA) is 29.3 Å². The largest absolute Gasteiger partial charge is 0.397 e. The third-order valence-corrected chi connectivity index (χ3v) is 2.12. The summed E-state index contributed by atoms with van der Waals surface area (Å²) in [6, 6.07) is 4.45. The van der Waals surface area contributed by atoms with Gasteiger partial charge in [0.05, 0.1) is 11.4 Å². The summed E-state index contributed by atoms with van der Waals surface area (Å²) in [6.45, 7) is 7.25. The molecule has 0 heterocycles. The highest BCUT2D eigenvalue weighted by Crippen LogP contribution is 2.26. The molecule has 1 rings (SSSR count). The van der Waals surface area contributed by atoms with Gasteiger partial charge in [-0.2, -0.15) is 0 Å². The van der Waals surface area contributed by atoms with Crippen molar-refractivity contribution in [3.63, 3.8) is 0 Å². The van der Waals surface area contributed by atoms with Crippen molar-refractivity contribution in [1.29, 1.82) is 0 Å². The molecule has 2 nitrogen and oxygen atoms in total. The van der Waals surface area contributed by atoms with E-state index < -0.39 is 0 Å². The molecule has 0 bridgehead atoms. The van der Waals surface area contributed by atoms with Gasteiger partial charge in [0, 0.05) is 13.6 Å². The van der Waals surface area contributed by atoms with Crippen LogP contribution in [0.5, 0.6) is 0 Å². The first-order chi connectivity index (χ1) is 6.79. The summed E-state index contributed by atoms with van der Waals surface area (Å²) in [4.78, 5) is 1.98. The van der Waals surface area contributed by atoms with Gasteiger partial charge in [0.15, 0.2) is 0 Å². The fourth-order valence-electron chi connectivity index (χ4n) is 1.64. The fourth-order valence-corrected chi connectivity index (χ4v) is 1.64. The monoisotopic (exact) mass is 210 g/mol. The summed E-state index contributed by atoms with van der Waals surface area (Å²) in [6.07, 6.45) is 0. The quantitative estimate of drug-likeness (QED) is 0.760. The van der Waals surface area contributed by atoms with Crippen LogP contribution >= 0.6 is 0 Å². The summed E-state index contributed by atoms with van der Waals surface area (Å²) in [5.41, 5.74) is 7.33. The number of benzene rings is 1. The maximum Gasteiger partial charge on any atom is 0.125 e. The molecule has 3 heteroatoms. The number of nitrogens with zero attached hydrogens (tertiary/aromatic N) is 1. The average molecular weight is 210 g/mol. The molecule has 0 radical (unpaired) electrons. The summed E-state index contributed by atoms with van der Waals surface area (Å²) in [5.74, 6) is -0.250. The summed E-state index contributed by atoms with van der Waals surface area (Å²) in [7, 11) is 1.93. The third kappa shape index (κ3) is 3.42. The van der Waals surface area contributed by atoms with E-state index in [1.54, 1.807) is 6.07 Å². The van der Waals surface area contributed by atoms with Gasteiger partial charge in [0.25, 0.3) is 0 Å². The normalized spacial score (nSPS) is 11.5. The van der Waals surface area contributed by atoms with Crippen LogP contribution in [0.4, 0.5) is 15.8 Å². The highest BCUT2D eigenvalue weighted by molar-refractivity contribution is 5.67. The van der Waals surface area contributed by atoms with E-state index in [0.717, 1.165) is 12.2 Å². The van der Waals surface area contributed by atoms with Crippen LogP contribution in [0, 0.1) is 11.2 Å². The molecule has 0 aromatic heterocycles. The lowest BCUT2D eigenvalue weighted by atomic mass is 9.96. The zero-order chi connectivity index (χ0) is 11.6. The zero-order valence-corrected chi connectivity index (χ0v) is 9.84. The Kier molecular flexibility index (Phi) is 3.22. The Morgan fingerprint density at radius 2 is 1.93 bits per heavy atom. The SMILES string of the molecule is CN(CC(C)(C)C)c1cc(F)ccc1N. The maximum absolute atomic E-state index is 13.1. The predicted octanol–water partition coefficient (Wildman–Crippen LogP) is 2.89. The number of hydrogen-bond donors (Lipinski definition) is 1. The van der Waals surface area contributed by atoms with Gasteiger partial charge in [-0.25, -0.2) is 4.39 Å². The predicted molar refractivity (Wildman–Crippen MR) is 63.5 cm³/mol.